The van der Waals surface area contributed by atoms with E-state index >= 15 is 0 Å². The third-order valence-corrected chi connectivity index (χ3v) is 3.45. The van der Waals surface area contributed by atoms with Gasteiger partial charge in [0.25, 0.3) is 0 Å². The zero-order valence-electron chi connectivity index (χ0n) is 13.2. The van der Waals surface area contributed by atoms with Gasteiger partial charge in [-0.15, -0.1) is 0 Å². The summed E-state index contributed by atoms with van der Waals surface area (Å²) in [6.45, 7) is 13.5. The van der Waals surface area contributed by atoms with Crippen molar-refractivity contribution in [3.8, 4) is 0 Å². The van der Waals surface area contributed by atoms with Crippen LogP contribution in [0.4, 0.5) is 0 Å². The fourth-order valence-corrected chi connectivity index (χ4v) is 2.63. The van der Waals surface area contributed by atoms with Gasteiger partial charge in [-0.25, -0.2) is 0 Å². The molecule has 108 valence electrons. The number of likely N-dealkylation sites (N-methyl/N-ethyl adjacent to an activating group) is 1. The van der Waals surface area contributed by atoms with Crippen molar-refractivity contribution in [1.82, 2.24) is 5.32 Å². The van der Waals surface area contributed by atoms with Gasteiger partial charge in [0.05, 0.1) is 6.61 Å². The molecule has 2 heteroatoms. The Morgan fingerprint density at radius 1 is 1.11 bits per heavy atom. The first-order valence-corrected chi connectivity index (χ1v) is 7.46. The van der Waals surface area contributed by atoms with E-state index in [2.05, 4.69) is 52.1 Å². The van der Waals surface area contributed by atoms with Crippen molar-refractivity contribution in [2.45, 2.75) is 53.5 Å². The standard InChI is InChI=1S/C17H29NO/c1-6-8-19-12-16(18-7-2)11-17-14(4)9-13(3)10-15(17)5/h9-10,16,18H,6-8,11-12H2,1-5H3. The second-order valence-electron chi connectivity index (χ2n) is 5.41. The molecule has 1 aromatic rings. The average Bonchev–Trinajstić information content (AvgIpc) is 2.33. The Morgan fingerprint density at radius 3 is 2.26 bits per heavy atom. The summed E-state index contributed by atoms with van der Waals surface area (Å²) in [6, 6.07) is 4.97. The lowest BCUT2D eigenvalue weighted by molar-refractivity contribution is 0.112. The Kier molecular flexibility index (Phi) is 7.11. The molecule has 0 aliphatic rings. The minimum absolute atomic E-state index is 0.414. The van der Waals surface area contributed by atoms with Crippen molar-refractivity contribution in [1.29, 1.82) is 0 Å². The second-order valence-corrected chi connectivity index (χ2v) is 5.41. The summed E-state index contributed by atoms with van der Waals surface area (Å²) in [5.41, 5.74) is 5.62. The number of nitrogens with one attached hydrogen (secondary N) is 1. The average molecular weight is 263 g/mol. The van der Waals surface area contributed by atoms with Crippen LogP contribution in [0.5, 0.6) is 0 Å². The summed E-state index contributed by atoms with van der Waals surface area (Å²) in [7, 11) is 0. The number of rotatable bonds is 8. The molecule has 19 heavy (non-hydrogen) atoms. The molecule has 0 radical (unpaired) electrons. The summed E-state index contributed by atoms with van der Waals surface area (Å²) in [5, 5.41) is 3.53. The van der Waals surface area contributed by atoms with Crippen LogP contribution in [0.2, 0.25) is 0 Å². The van der Waals surface area contributed by atoms with Gasteiger partial charge >= 0.3 is 0 Å². The maximum atomic E-state index is 5.71. The normalized spacial score (nSPS) is 12.7. The van der Waals surface area contributed by atoms with Crippen molar-refractivity contribution in [3.63, 3.8) is 0 Å². The lowest BCUT2D eigenvalue weighted by atomic mass is 9.94. The molecule has 2 nitrogen and oxygen atoms in total. The maximum Gasteiger partial charge on any atom is 0.0622 e. The fourth-order valence-electron chi connectivity index (χ4n) is 2.63. The van der Waals surface area contributed by atoms with Crippen LogP contribution in [-0.2, 0) is 11.2 Å². The minimum Gasteiger partial charge on any atom is -0.380 e. The van der Waals surface area contributed by atoms with Gasteiger partial charge in [-0.05, 0) is 56.8 Å². The van der Waals surface area contributed by atoms with Crippen molar-refractivity contribution >= 4 is 0 Å². The molecule has 0 amide bonds. The first-order chi connectivity index (χ1) is 9.08. The highest BCUT2D eigenvalue weighted by Gasteiger charge is 2.12. The van der Waals surface area contributed by atoms with Gasteiger partial charge in [-0.1, -0.05) is 31.5 Å². The highest BCUT2D eigenvalue weighted by atomic mass is 16.5. The maximum absolute atomic E-state index is 5.71. The Hall–Kier alpha value is -0.860. The molecular weight excluding hydrogens is 234 g/mol. The van der Waals surface area contributed by atoms with Crippen LogP contribution >= 0.6 is 0 Å². The van der Waals surface area contributed by atoms with Gasteiger partial charge in [-0.3, -0.25) is 0 Å². The third kappa shape index (κ3) is 5.33. The first kappa shape index (κ1) is 16.2. The van der Waals surface area contributed by atoms with Crippen LogP contribution in [0.3, 0.4) is 0 Å². The van der Waals surface area contributed by atoms with E-state index in [9.17, 15) is 0 Å². The van der Waals surface area contributed by atoms with Crippen LogP contribution in [0.25, 0.3) is 0 Å². The molecule has 1 atom stereocenters. The third-order valence-electron chi connectivity index (χ3n) is 3.45. The number of hydrogen-bond donors (Lipinski definition) is 1. The molecule has 0 aliphatic carbocycles. The van der Waals surface area contributed by atoms with E-state index in [1.54, 1.807) is 0 Å². The van der Waals surface area contributed by atoms with E-state index in [1.165, 1.54) is 22.3 Å². The topological polar surface area (TPSA) is 21.3 Å². The van der Waals surface area contributed by atoms with Gasteiger partial charge in [0, 0.05) is 12.6 Å². The van der Waals surface area contributed by atoms with Crippen molar-refractivity contribution < 1.29 is 4.74 Å². The quantitative estimate of drug-likeness (QED) is 0.724. The lowest BCUT2D eigenvalue weighted by Crippen LogP contribution is -2.35. The SMILES string of the molecule is CCCOCC(Cc1c(C)cc(C)cc1C)NCC. The van der Waals surface area contributed by atoms with E-state index < -0.39 is 0 Å². The largest absolute Gasteiger partial charge is 0.380 e. The molecule has 1 rings (SSSR count). The summed E-state index contributed by atoms with van der Waals surface area (Å²) < 4.78 is 5.71. The van der Waals surface area contributed by atoms with Crippen LogP contribution < -0.4 is 5.32 Å². The number of aryl methyl sites for hydroxylation is 3. The molecule has 0 bridgehead atoms. The van der Waals surface area contributed by atoms with E-state index in [1.807, 2.05) is 0 Å². The predicted octanol–water partition coefficient (Wildman–Crippen LogP) is 3.56. The van der Waals surface area contributed by atoms with Crippen LogP contribution in [0, 0.1) is 20.8 Å². The zero-order valence-corrected chi connectivity index (χ0v) is 13.2. The van der Waals surface area contributed by atoms with E-state index in [0.29, 0.717) is 6.04 Å². The summed E-state index contributed by atoms with van der Waals surface area (Å²) in [6.07, 6.45) is 2.14. The molecular formula is C17H29NO. The Balaban J connectivity index is 2.72. The highest BCUT2D eigenvalue weighted by Crippen LogP contribution is 2.18. The summed E-state index contributed by atoms with van der Waals surface area (Å²) in [4.78, 5) is 0. The predicted molar refractivity (Wildman–Crippen MR) is 82.9 cm³/mol. The zero-order chi connectivity index (χ0) is 14.3. The molecule has 0 saturated heterocycles. The van der Waals surface area contributed by atoms with Crippen LogP contribution in [0.1, 0.15) is 42.5 Å². The van der Waals surface area contributed by atoms with Gasteiger partial charge in [-0.2, -0.15) is 0 Å². The van der Waals surface area contributed by atoms with Crippen molar-refractivity contribution in [2.24, 2.45) is 0 Å². The molecule has 0 heterocycles. The van der Waals surface area contributed by atoms with Crippen LogP contribution in [0.15, 0.2) is 12.1 Å². The Bertz CT molecular complexity index is 364. The van der Waals surface area contributed by atoms with E-state index in [4.69, 9.17) is 4.74 Å². The molecule has 0 fully saturated rings. The van der Waals surface area contributed by atoms with Crippen molar-refractivity contribution in [3.05, 3.63) is 34.4 Å². The molecule has 0 aromatic heterocycles. The molecule has 1 N–H and O–H groups in total. The smallest absolute Gasteiger partial charge is 0.0622 e. The summed E-state index contributed by atoms with van der Waals surface area (Å²) >= 11 is 0. The molecule has 0 saturated carbocycles. The molecule has 0 aliphatic heterocycles. The second kappa shape index (κ2) is 8.34. The van der Waals surface area contributed by atoms with E-state index in [0.717, 1.165) is 32.6 Å². The first-order valence-electron chi connectivity index (χ1n) is 7.46. The lowest BCUT2D eigenvalue weighted by Gasteiger charge is -2.21. The number of hydrogen-bond acceptors (Lipinski definition) is 2. The minimum atomic E-state index is 0.414. The van der Waals surface area contributed by atoms with Gasteiger partial charge in [0.15, 0.2) is 0 Å². The van der Waals surface area contributed by atoms with Gasteiger partial charge in [0.1, 0.15) is 0 Å². The van der Waals surface area contributed by atoms with Gasteiger partial charge in [0.2, 0.25) is 0 Å². The molecule has 1 unspecified atom stereocenters. The Morgan fingerprint density at radius 2 is 1.74 bits per heavy atom. The van der Waals surface area contributed by atoms with Crippen LogP contribution in [-0.4, -0.2) is 25.8 Å². The number of ether oxygens (including phenoxy) is 1. The van der Waals surface area contributed by atoms with Gasteiger partial charge < -0.3 is 10.1 Å². The monoisotopic (exact) mass is 263 g/mol. The summed E-state index contributed by atoms with van der Waals surface area (Å²) in [5.74, 6) is 0. The molecule has 0 spiro atoms. The Labute approximate surface area is 118 Å². The fraction of sp³-hybridized carbons (Fsp3) is 0.647. The highest BCUT2D eigenvalue weighted by molar-refractivity contribution is 5.38. The number of benzene rings is 1. The van der Waals surface area contributed by atoms with E-state index in [-0.39, 0.29) is 0 Å². The molecule has 1 aromatic carbocycles. The van der Waals surface area contributed by atoms with Crippen molar-refractivity contribution in [2.75, 3.05) is 19.8 Å².